The highest BCUT2D eigenvalue weighted by atomic mass is 16.2. The standard InChI is InChI=1S/C33H35N3O3/c37-31(21-18-28-12-4-1-5-13-28)34-24-10-26-36(33(39)23-20-30-16-8-3-9-17-30)27-11-25-35-32(38)22-19-29-14-6-2-7-15-29/h1-9,12-23H,10-11,24-27H2,(H,34,37)(H,35,38). The van der Waals surface area contributed by atoms with Crippen LogP contribution in [0.3, 0.4) is 0 Å². The van der Waals surface area contributed by atoms with Crippen molar-refractivity contribution in [3.8, 4) is 0 Å². The van der Waals surface area contributed by atoms with Crippen LogP contribution in [0.5, 0.6) is 0 Å². The summed E-state index contributed by atoms with van der Waals surface area (Å²) in [5.41, 5.74) is 2.86. The first kappa shape index (κ1) is 28.9. The summed E-state index contributed by atoms with van der Waals surface area (Å²) in [6.45, 7) is 1.88. The topological polar surface area (TPSA) is 78.5 Å². The monoisotopic (exact) mass is 521 g/mol. The first-order valence-electron chi connectivity index (χ1n) is 13.1. The molecule has 0 aromatic heterocycles. The van der Waals surface area contributed by atoms with Crippen LogP contribution in [0.2, 0.25) is 0 Å². The summed E-state index contributed by atoms with van der Waals surface area (Å²) in [5, 5.41) is 5.74. The second-order valence-corrected chi connectivity index (χ2v) is 8.85. The lowest BCUT2D eigenvalue weighted by molar-refractivity contribution is -0.126. The van der Waals surface area contributed by atoms with Gasteiger partial charge in [-0.15, -0.1) is 0 Å². The first-order valence-corrected chi connectivity index (χ1v) is 13.1. The molecule has 0 aliphatic carbocycles. The Morgan fingerprint density at radius 2 is 0.897 bits per heavy atom. The summed E-state index contributed by atoms with van der Waals surface area (Å²) in [6, 6.07) is 28.9. The van der Waals surface area contributed by atoms with Crippen molar-refractivity contribution < 1.29 is 14.4 Å². The van der Waals surface area contributed by atoms with E-state index < -0.39 is 0 Å². The third kappa shape index (κ3) is 11.9. The fourth-order valence-electron chi connectivity index (χ4n) is 3.72. The van der Waals surface area contributed by atoms with Crippen molar-refractivity contribution in [3.63, 3.8) is 0 Å². The summed E-state index contributed by atoms with van der Waals surface area (Å²) in [4.78, 5) is 39.0. The van der Waals surface area contributed by atoms with E-state index in [1.54, 1.807) is 29.2 Å². The Labute approximate surface area is 230 Å². The molecule has 0 atom stereocenters. The Morgan fingerprint density at radius 1 is 0.538 bits per heavy atom. The molecule has 0 aliphatic rings. The molecule has 0 fully saturated rings. The Hall–Kier alpha value is -4.71. The maximum atomic E-state index is 12.9. The summed E-state index contributed by atoms with van der Waals surface area (Å²) in [5.74, 6) is -0.455. The van der Waals surface area contributed by atoms with Gasteiger partial charge in [0.15, 0.2) is 0 Å². The van der Waals surface area contributed by atoms with Gasteiger partial charge in [-0.25, -0.2) is 0 Å². The third-order valence-electron chi connectivity index (χ3n) is 5.79. The summed E-state index contributed by atoms with van der Waals surface area (Å²) in [7, 11) is 0. The fraction of sp³-hybridized carbons (Fsp3) is 0.182. The van der Waals surface area contributed by atoms with Gasteiger partial charge >= 0.3 is 0 Å². The number of hydrogen-bond acceptors (Lipinski definition) is 3. The molecule has 3 aromatic carbocycles. The number of hydrogen-bond donors (Lipinski definition) is 2. The maximum absolute atomic E-state index is 12.9. The van der Waals surface area contributed by atoms with Crippen molar-refractivity contribution in [3.05, 3.63) is 126 Å². The van der Waals surface area contributed by atoms with E-state index in [9.17, 15) is 14.4 Å². The lowest BCUT2D eigenvalue weighted by Crippen LogP contribution is -2.35. The predicted molar refractivity (Wildman–Crippen MR) is 158 cm³/mol. The molecule has 0 saturated heterocycles. The van der Waals surface area contributed by atoms with E-state index in [-0.39, 0.29) is 17.7 Å². The van der Waals surface area contributed by atoms with E-state index in [0.29, 0.717) is 39.0 Å². The van der Waals surface area contributed by atoms with Crippen molar-refractivity contribution in [2.24, 2.45) is 0 Å². The number of nitrogens with zero attached hydrogens (tertiary/aromatic N) is 1. The normalized spacial score (nSPS) is 11.2. The molecule has 3 rings (SSSR count). The molecule has 0 saturated carbocycles. The molecule has 0 unspecified atom stereocenters. The lowest BCUT2D eigenvalue weighted by Gasteiger charge is -2.21. The highest BCUT2D eigenvalue weighted by Gasteiger charge is 2.10. The van der Waals surface area contributed by atoms with Crippen LogP contribution in [0.4, 0.5) is 0 Å². The Kier molecular flexibility index (Phi) is 12.5. The predicted octanol–water partition coefficient (Wildman–Crippen LogP) is 4.97. The van der Waals surface area contributed by atoms with Crippen LogP contribution >= 0.6 is 0 Å². The zero-order valence-corrected chi connectivity index (χ0v) is 22.0. The Bertz CT molecular complexity index is 1180. The molecule has 0 spiro atoms. The average Bonchev–Trinajstić information content (AvgIpc) is 2.98. The SMILES string of the molecule is O=C(C=Cc1ccccc1)NCCCN(CCCNC(=O)C=Cc1ccccc1)C(=O)C=Cc1ccccc1. The maximum Gasteiger partial charge on any atom is 0.246 e. The third-order valence-corrected chi connectivity index (χ3v) is 5.79. The smallest absolute Gasteiger partial charge is 0.246 e. The minimum Gasteiger partial charge on any atom is -0.352 e. The number of benzene rings is 3. The minimum absolute atomic E-state index is 0.107. The van der Waals surface area contributed by atoms with E-state index in [4.69, 9.17) is 0 Å². The highest BCUT2D eigenvalue weighted by Crippen LogP contribution is 2.04. The van der Waals surface area contributed by atoms with Gasteiger partial charge in [0.25, 0.3) is 0 Å². The van der Waals surface area contributed by atoms with Crippen molar-refractivity contribution >= 4 is 35.9 Å². The molecule has 6 nitrogen and oxygen atoms in total. The zero-order chi connectivity index (χ0) is 27.5. The van der Waals surface area contributed by atoms with Gasteiger partial charge in [0.1, 0.15) is 0 Å². The molecule has 0 aliphatic heterocycles. The van der Waals surface area contributed by atoms with Crippen LogP contribution < -0.4 is 10.6 Å². The van der Waals surface area contributed by atoms with Gasteiger partial charge in [0, 0.05) is 44.4 Å². The van der Waals surface area contributed by atoms with Crippen LogP contribution in [-0.4, -0.2) is 48.8 Å². The number of carbonyl (C=O) groups excluding carboxylic acids is 3. The van der Waals surface area contributed by atoms with Crippen molar-refractivity contribution in [1.29, 1.82) is 0 Å². The van der Waals surface area contributed by atoms with E-state index >= 15 is 0 Å². The molecule has 6 heteroatoms. The Morgan fingerprint density at radius 3 is 1.28 bits per heavy atom. The molecular weight excluding hydrogens is 486 g/mol. The Balaban J connectivity index is 1.45. The van der Waals surface area contributed by atoms with Crippen LogP contribution in [-0.2, 0) is 14.4 Å². The summed E-state index contributed by atoms with van der Waals surface area (Å²) in [6.07, 6.45) is 11.1. The summed E-state index contributed by atoms with van der Waals surface area (Å²) < 4.78 is 0. The number of carbonyl (C=O) groups is 3. The van der Waals surface area contributed by atoms with Gasteiger partial charge in [-0.05, 0) is 47.8 Å². The molecule has 39 heavy (non-hydrogen) atoms. The summed E-state index contributed by atoms with van der Waals surface area (Å²) >= 11 is 0. The van der Waals surface area contributed by atoms with Gasteiger partial charge in [-0.3, -0.25) is 14.4 Å². The molecule has 3 amide bonds. The largest absolute Gasteiger partial charge is 0.352 e. The van der Waals surface area contributed by atoms with Crippen LogP contribution in [0.25, 0.3) is 18.2 Å². The first-order chi connectivity index (χ1) is 19.1. The molecule has 3 aromatic rings. The minimum atomic E-state index is -0.174. The second kappa shape index (κ2) is 16.9. The van der Waals surface area contributed by atoms with Gasteiger partial charge < -0.3 is 15.5 Å². The van der Waals surface area contributed by atoms with E-state index in [2.05, 4.69) is 10.6 Å². The van der Waals surface area contributed by atoms with Crippen molar-refractivity contribution in [2.75, 3.05) is 26.2 Å². The lowest BCUT2D eigenvalue weighted by atomic mass is 10.2. The fourth-order valence-corrected chi connectivity index (χ4v) is 3.72. The van der Waals surface area contributed by atoms with Gasteiger partial charge in [0.2, 0.25) is 17.7 Å². The van der Waals surface area contributed by atoms with E-state index in [1.165, 1.54) is 12.2 Å². The highest BCUT2D eigenvalue weighted by molar-refractivity contribution is 5.93. The molecule has 0 radical (unpaired) electrons. The van der Waals surface area contributed by atoms with Crippen LogP contribution in [0.15, 0.2) is 109 Å². The van der Waals surface area contributed by atoms with Crippen LogP contribution in [0, 0.1) is 0 Å². The molecule has 200 valence electrons. The molecule has 0 heterocycles. The van der Waals surface area contributed by atoms with E-state index in [1.807, 2.05) is 91.0 Å². The van der Waals surface area contributed by atoms with Crippen LogP contribution in [0.1, 0.15) is 29.5 Å². The van der Waals surface area contributed by atoms with Gasteiger partial charge in [0.05, 0.1) is 0 Å². The number of nitrogens with one attached hydrogen (secondary N) is 2. The van der Waals surface area contributed by atoms with Crippen molar-refractivity contribution in [1.82, 2.24) is 15.5 Å². The van der Waals surface area contributed by atoms with E-state index in [0.717, 1.165) is 16.7 Å². The number of amides is 3. The second-order valence-electron chi connectivity index (χ2n) is 8.85. The van der Waals surface area contributed by atoms with Gasteiger partial charge in [-0.2, -0.15) is 0 Å². The number of rotatable bonds is 14. The quantitative estimate of drug-likeness (QED) is 0.232. The van der Waals surface area contributed by atoms with Crippen molar-refractivity contribution in [2.45, 2.75) is 12.8 Å². The molecule has 0 bridgehead atoms. The molecule has 2 N–H and O–H groups in total. The average molecular weight is 522 g/mol. The van der Waals surface area contributed by atoms with Gasteiger partial charge in [-0.1, -0.05) is 91.0 Å². The zero-order valence-electron chi connectivity index (χ0n) is 22.0. The molecular formula is C33H35N3O3.